The van der Waals surface area contributed by atoms with E-state index in [-0.39, 0.29) is 29.8 Å². The van der Waals surface area contributed by atoms with Gasteiger partial charge in [0.15, 0.2) is 0 Å². The molecule has 2 amide bonds. The van der Waals surface area contributed by atoms with Gasteiger partial charge in [-0.3, -0.25) is 9.59 Å². The van der Waals surface area contributed by atoms with E-state index < -0.39 is 6.04 Å². The van der Waals surface area contributed by atoms with E-state index in [4.69, 9.17) is 5.73 Å². The Morgan fingerprint density at radius 1 is 1.23 bits per heavy atom. The lowest BCUT2D eigenvalue weighted by atomic mass is 9.81. The zero-order valence-electron chi connectivity index (χ0n) is 18.2. The van der Waals surface area contributed by atoms with Gasteiger partial charge in [0.05, 0.1) is 17.6 Å². The minimum absolute atomic E-state index is 0.0531. The first-order chi connectivity index (χ1) is 14.9. The van der Waals surface area contributed by atoms with Crippen LogP contribution in [0.5, 0.6) is 0 Å². The van der Waals surface area contributed by atoms with Crippen molar-refractivity contribution in [2.24, 2.45) is 11.7 Å². The van der Waals surface area contributed by atoms with Crippen molar-refractivity contribution in [1.29, 1.82) is 5.26 Å². The van der Waals surface area contributed by atoms with E-state index in [2.05, 4.69) is 22.4 Å². The second-order valence-corrected chi connectivity index (χ2v) is 8.93. The largest absolute Gasteiger partial charge is 0.348 e. The topological polar surface area (TPSA) is 117 Å². The fourth-order valence-corrected chi connectivity index (χ4v) is 5.02. The number of hydrogen-bond donors (Lipinski definition) is 2. The first kappa shape index (κ1) is 21.3. The summed E-state index contributed by atoms with van der Waals surface area (Å²) in [5.74, 6) is -0.188. The summed E-state index contributed by atoms with van der Waals surface area (Å²) >= 11 is 0. The van der Waals surface area contributed by atoms with Crippen molar-refractivity contribution in [1.82, 2.24) is 19.6 Å². The molecule has 3 N–H and O–H groups in total. The van der Waals surface area contributed by atoms with Crippen LogP contribution >= 0.6 is 0 Å². The lowest BCUT2D eigenvalue weighted by Crippen LogP contribution is -2.50. The molecule has 2 aromatic heterocycles. The number of carbonyl (C=O) groups is 2. The van der Waals surface area contributed by atoms with Crippen LogP contribution in [0.1, 0.15) is 60.3 Å². The highest BCUT2D eigenvalue weighted by atomic mass is 16.2. The number of fused-ring (bicyclic) bond motifs is 1. The Kier molecular flexibility index (Phi) is 5.96. The fourth-order valence-electron chi connectivity index (χ4n) is 5.02. The number of aromatic nitrogens is 2. The predicted molar refractivity (Wildman–Crippen MR) is 116 cm³/mol. The number of hydrogen-bond acceptors (Lipinski definition) is 5. The van der Waals surface area contributed by atoms with Gasteiger partial charge in [-0.25, -0.2) is 4.98 Å². The Morgan fingerprint density at radius 2 is 1.97 bits per heavy atom. The third-order valence-corrected chi connectivity index (χ3v) is 6.87. The van der Waals surface area contributed by atoms with Crippen LogP contribution in [-0.4, -0.2) is 50.8 Å². The minimum atomic E-state index is -0.574. The zero-order chi connectivity index (χ0) is 22.1. The van der Waals surface area contributed by atoms with E-state index in [0.29, 0.717) is 12.2 Å². The molecule has 0 aromatic carbocycles. The van der Waals surface area contributed by atoms with Crippen LogP contribution in [0.4, 0.5) is 0 Å². The molecule has 1 aliphatic heterocycles. The quantitative estimate of drug-likeness (QED) is 0.782. The van der Waals surface area contributed by atoms with Gasteiger partial charge in [-0.05, 0) is 76.0 Å². The van der Waals surface area contributed by atoms with Crippen LogP contribution in [-0.2, 0) is 4.79 Å². The minimum Gasteiger partial charge on any atom is -0.348 e. The van der Waals surface area contributed by atoms with E-state index in [9.17, 15) is 14.9 Å². The summed E-state index contributed by atoms with van der Waals surface area (Å²) in [4.78, 5) is 31.5. The molecule has 2 aliphatic rings. The molecular weight excluding hydrogens is 392 g/mol. The van der Waals surface area contributed by atoms with E-state index in [1.807, 2.05) is 24.3 Å². The molecule has 164 valence electrons. The number of aryl methyl sites for hydroxylation is 2. The van der Waals surface area contributed by atoms with Crippen LogP contribution in [0.25, 0.3) is 5.52 Å². The Morgan fingerprint density at radius 3 is 2.68 bits per heavy atom. The molecule has 8 heteroatoms. The Balaban J connectivity index is 1.33. The fraction of sp³-hybridized carbons (Fsp3) is 0.565. The van der Waals surface area contributed by atoms with E-state index in [1.54, 1.807) is 11.2 Å². The molecule has 0 bridgehead atoms. The van der Waals surface area contributed by atoms with Crippen molar-refractivity contribution < 1.29 is 9.59 Å². The number of likely N-dealkylation sites (tertiary alicyclic amines) is 1. The maximum absolute atomic E-state index is 12.8. The standard InChI is InChI=1S/C23H30N6O2/c1-14-10-15(2)29-13-26-19(11-20(14)29)22(30)27-17-7-5-16(6-8-17)21(25)23(31)28-9-3-4-18(28)12-24/h10-11,13,16-18,21H,3-9,25H2,1-2H3,(H,27,30)/t16-,17-,18-,21-/m0/s1. The van der Waals surface area contributed by atoms with Crippen LogP contribution in [0.3, 0.4) is 0 Å². The summed E-state index contributed by atoms with van der Waals surface area (Å²) in [5, 5.41) is 12.3. The normalized spacial score (nSPS) is 24.7. The highest BCUT2D eigenvalue weighted by Crippen LogP contribution is 2.29. The molecule has 1 saturated carbocycles. The SMILES string of the molecule is Cc1cc(C)n2cnc(C(=O)N[C@H]3CC[C@H]([C@H](N)C(=O)N4CCC[C@H]4C#N)CC3)cc12. The van der Waals surface area contributed by atoms with Crippen molar-refractivity contribution in [2.45, 2.75) is 70.5 Å². The summed E-state index contributed by atoms with van der Waals surface area (Å²) in [6.07, 6.45) is 6.42. The summed E-state index contributed by atoms with van der Waals surface area (Å²) in [6, 6.07) is 5.25. The molecule has 8 nitrogen and oxygen atoms in total. The maximum atomic E-state index is 12.8. The van der Waals surface area contributed by atoms with Gasteiger partial charge >= 0.3 is 0 Å². The third-order valence-electron chi connectivity index (χ3n) is 6.87. The average Bonchev–Trinajstić information content (AvgIpc) is 3.37. The van der Waals surface area contributed by atoms with Gasteiger partial charge in [-0.2, -0.15) is 5.26 Å². The molecule has 2 fully saturated rings. The van der Waals surface area contributed by atoms with Crippen LogP contribution in [0.15, 0.2) is 18.5 Å². The van der Waals surface area contributed by atoms with E-state index in [0.717, 1.165) is 55.3 Å². The first-order valence-electron chi connectivity index (χ1n) is 11.1. The number of nitrogens with zero attached hydrogens (tertiary/aromatic N) is 4. The number of carbonyl (C=O) groups excluding carboxylic acids is 2. The molecular formula is C23H30N6O2. The summed E-state index contributed by atoms with van der Waals surface area (Å²) in [7, 11) is 0. The van der Waals surface area contributed by atoms with Gasteiger partial charge < -0.3 is 20.4 Å². The lowest BCUT2D eigenvalue weighted by Gasteiger charge is -2.34. The van der Waals surface area contributed by atoms with E-state index in [1.165, 1.54) is 0 Å². The number of nitrogens with one attached hydrogen (secondary N) is 1. The monoisotopic (exact) mass is 422 g/mol. The number of nitrogens with two attached hydrogens (primary N) is 1. The smallest absolute Gasteiger partial charge is 0.270 e. The van der Waals surface area contributed by atoms with Gasteiger partial charge in [0.2, 0.25) is 5.91 Å². The maximum Gasteiger partial charge on any atom is 0.270 e. The highest BCUT2D eigenvalue weighted by molar-refractivity contribution is 5.93. The van der Waals surface area contributed by atoms with Crippen LogP contribution < -0.4 is 11.1 Å². The van der Waals surface area contributed by atoms with Crippen molar-refractivity contribution in [3.63, 3.8) is 0 Å². The van der Waals surface area contributed by atoms with Gasteiger partial charge in [-0.1, -0.05) is 0 Å². The molecule has 0 unspecified atom stereocenters. The summed E-state index contributed by atoms with van der Waals surface area (Å²) in [6.45, 7) is 4.66. The molecule has 0 spiro atoms. The first-order valence-corrected chi connectivity index (χ1v) is 11.1. The lowest BCUT2D eigenvalue weighted by molar-refractivity contribution is -0.134. The Hall–Kier alpha value is -2.92. The zero-order valence-corrected chi connectivity index (χ0v) is 18.2. The molecule has 0 radical (unpaired) electrons. The molecule has 2 aromatic rings. The van der Waals surface area contributed by atoms with E-state index >= 15 is 0 Å². The van der Waals surface area contributed by atoms with Crippen LogP contribution in [0, 0.1) is 31.1 Å². The number of nitriles is 1. The molecule has 1 aliphatic carbocycles. The number of rotatable bonds is 4. The van der Waals surface area contributed by atoms with Gasteiger partial charge in [0.25, 0.3) is 5.91 Å². The predicted octanol–water partition coefficient (Wildman–Crippen LogP) is 2.08. The van der Waals surface area contributed by atoms with Gasteiger partial charge in [0, 0.05) is 18.3 Å². The van der Waals surface area contributed by atoms with Crippen molar-refractivity contribution in [3.8, 4) is 6.07 Å². The average molecular weight is 423 g/mol. The van der Waals surface area contributed by atoms with Crippen molar-refractivity contribution in [3.05, 3.63) is 35.4 Å². The second kappa shape index (κ2) is 8.67. The highest BCUT2D eigenvalue weighted by Gasteiger charge is 2.36. The summed E-state index contributed by atoms with van der Waals surface area (Å²) < 4.78 is 1.98. The number of amides is 2. The third kappa shape index (κ3) is 4.15. The second-order valence-electron chi connectivity index (χ2n) is 8.93. The van der Waals surface area contributed by atoms with Gasteiger partial charge in [-0.15, -0.1) is 0 Å². The molecule has 1 saturated heterocycles. The molecule has 4 rings (SSSR count). The van der Waals surface area contributed by atoms with Crippen molar-refractivity contribution >= 4 is 17.3 Å². The van der Waals surface area contributed by atoms with Crippen LogP contribution in [0.2, 0.25) is 0 Å². The molecule has 3 heterocycles. The van der Waals surface area contributed by atoms with Crippen molar-refractivity contribution in [2.75, 3.05) is 6.54 Å². The van der Waals surface area contributed by atoms with Gasteiger partial charge in [0.1, 0.15) is 18.1 Å². The molecule has 2 atom stereocenters. The molecule has 31 heavy (non-hydrogen) atoms. The Bertz CT molecular complexity index is 1030. The Labute approximate surface area is 182 Å². The summed E-state index contributed by atoms with van der Waals surface area (Å²) in [5.41, 5.74) is 9.90.